The molecule has 1 aliphatic carbocycles. The van der Waals surface area contributed by atoms with Crippen LogP contribution in [0, 0.1) is 5.82 Å². The van der Waals surface area contributed by atoms with Crippen molar-refractivity contribution in [3.63, 3.8) is 0 Å². The average Bonchev–Trinajstić information content (AvgIpc) is 3.12. The van der Waals surface area contributed by atoms with Crippen LogP contribution in [0.5, 0.6) is 11.5 Å². The monoisotopic (exact) mass is 542 g/mol. The zero-order valence-corrected chi connectivity index (χ0v) is 23.2. The Kier molecular flexibility index (Phi) is 8.19. The van der Waals surface area contributed by atoms with Crippen molar-refractivity contribution >= 4 is 23.1 Å². The number of benzene rings is 3. The molecule has 2 atom stereocenters. The molecule has 1 N–H and O–H groups in total. The number of rotatable bonds is 8. The number of nitrogens with one attached hydrogen (secondary N) is 1. The highest BCUT2D eigenvalue weighted by Gasteiger charge is 2.41. The molecule has 0 unspecified atom stereocenters. The number of hydrogen-bond acceptors (Lipinski definition) is 5. The van der Waals surface area contributed by atoms with Crippen molar-refractivity contribution in [1.82, 2.24) is 0 Å². The van der Waals surface area contributed by atoms with Gasteiger partial charge in [-0.2, -0.15) is 0 Å². The summed E-state index contributed by atoms with van der Waals surface area (Å²) in [7, 11) is 3.19. The van der Waals surface area contributed by atoms with Crippen LogP contribution >= 0.6 is 0 Å². The predicted octanol–water partition coefficient (Wildman–Crippen LogP) is 7.32. The Morgan fingerprint density at radius 3 is 2.40 bits per heavy atom. The standard InChI is InChI=1S/C33H35FN2O4/c1-4-5-6-11-31(38)36-27-10-8-7-9-25(27)35-26-18-23(22-14-17-29(39-2)30(20-22)40-3)19-28(37)32(26)33(36)21-12-15-24(34)16-13-21/h7-10,12-17,20,23,33,35H,4-6,11,18-19H2,1-3H3/t23-,33-/m1/s1. The number of fused-ring (bicyclic) bond motifs is 1. The molecular weight excluding hydrogens is 507 g/mol. The Labute approximate surface area is 234 Å². The van der Waals surface area contributed by atoms with E-state index in [1.165, 1.54) is 12.1 Å². The van der Waals surface area contributed by atoms with Crippen molar-refractivity contribution in [3.05, 3.63) is 94.9 Å². The maximum absolute atomic E-state index is 14.1. The summed E-state index contributed by atoms with van der Waals surface area (Å²) in [6, 6.07) is 18.9. The van der Waals surface area contributed by atoms with Gasteiger partial charge in [-0.15, -0.1) is 0 Å². The van der Waals surface area contributed by atoms with Crippen LogP contribution in [0.4, 0.5) is 15.8 Å². The zero-order valence-electron chi connectivity index (χ0n) is 23.2. The molecule has 3 aromatic rings. The lowest BCUT2D eigenvalue weighted by Gasteiger charge is -2.35. The molecule has 1 aliphatic heterocycles. The Morgan fingerprint density at radius 2 is 1.68 bits per heavy atom. The van der Waals surface area contributed by atoms with Gasteiger partial charge in [0.25, 0.3) is 0 Å². The maximum atomic E-state index is 14.1. The summed E-state index contributed by atoms with van der Waals surface area (Å²) in [5, 5.41) is 3.54. The van der Waals surface area contributed by atoms with Gasteiger partial charge in [-0.1, -0.05) is 50.1 Å². The molecule has 0 fully saturated rings. The third kappa shape index (κ3) is 5.33. The fourth-order valence-electron chi connectivity index (χ4n) is 5.81. The van der Waals surface area contributed by atoms with Gasteiger partial charge in [-0.25, -0.2) is 4.39 Å². The van der Waals surface area contributed by atoms with Crippen molar-refractivity contribution < 1.29 is 23.5 Å². The van der Waals surface area contributed by atoms with Gasteiger partial charge in [-0.05, 0) is 66.3 Å². The van der Waals surface area contributed by atoms with Gasteiger partial charge in [0.15, 0.2) is 17.3 Å². The molecule has 0 bridgehead atoms. The number of carbonyl (C=O) groups excluding carboxylic acids is 2. The van der Waals surface area contributed by atoms with Crippen molar-refractivity contribution in [2.75, 3.05) is 24.4 Å². The summed E-state index contributed by atoms with van der Waals surface area (Å²) in [6.45, 7) is 2.10. The molecule has 3 aromatic carbocycles. The predicted molar refractivity (Wildman–Crippen MR) is 154 cm³/mol. The summed E-state index contributed by atoms with van der Waals surface area (Å²) < 4.78 is 24.9. The quantitative estimate of drug-likeness (QED) is 0.302. The minimum Gasteiger partial charge on any atom is -0.493 e. The van der Waals surface area contributed by atoms with E-state index in [0.29, 0.717) is 41.2 Å². The third-order valence-corrected chi connectivity index (χ3v) is 7.82. The number of ketones is 1. The van der Waals surface area contributed by atoms with Crippen molar-refractivity contribution in [2.24, 2.45) is 0 Å². The van der Waals surface area contributed by atoms with Crippen LogP contribution < -0.4 is 19.7 Å². The summed E-state index contributed by atoms with van der Waals surface area (Å²) in [4.78, 5) is 29.8. The fraction of sp³-hybridized carbons (Fsp3) is 0.333. The smallest absolute Gasteiger partial charge is 0.227 e. The number of nitrogens with zero attached hydrogens (tertiary/aromatic N) is 1. The second-order valence-corrected chi connectivity index (χ2v) is 10.4. The third-order valence-electron chi connectivity index (χ3n) is 7.82. The molecule has 7 heteroatoms. The number of allylic oxidation sites excluding steroid dienone is 1. The first kappa shape index (κ1) is 27.4. The number of anilines is 2. The van der Waals surface area contributed by atoms with E-state index in [9.17, 15) is 14.0 Å². The highest BCUT2D eigenvalue weighted by Crippen LogP contribution is 2.48. The Morgan fingerprint density at radius 1 is 0.950 bits per heavy atom. The number of amides is 1. The normalized spacial score (nSPS) is 18.4. The minimum absolute atomic E-state index is 0.0398. The first-order chi connectivity index (χ1) is 19.4. The van der Waals surface area contributed by atoms with Gasteiger partial charge in [0.2, 0.25) is 5.91 Å². The Hall–Kier alpha value is -4.13. The van der Waals surface area contributed by atoms with E-state index in [4.69, 9.17) is 9.47 Å². The summed E-state index contributed by atoms with van der Waals surface area (Å²) in [5.41, 5.74) is 4.49. The van der Waals surface area contributed by atoms with Crippen molar-refractivity contribution in [1.29, 1.82) is 0 Å². The van der Waals surface area contributed by atoms with Gasteiger partial charge < -0.3 is 14.8 Å². The topological polar surface area (TPSA) is 67.9 Å². The van der Waals surface area contributed by atoms with Crippen LogP contribution in [0.1, 0.15) is 68.5 Å². The zero-order chi connectivity index (χ0) is 28.2. The first-order valence-corrected chi connectivity index (χ1v) is 13.9. The molecule has 1 amide bonds. The lowest BCUT2D eigenvalue weighted by Crippen LogP contribution is -2.38. The molecule has 0 spiro atoms. The molecule has 0 saturated heterocycles. The number of hydrogen-bond donors (Lipinski definition) is 1. The highest BCUT2D eigenvalue weighted by molar-refractivity contribution is 6.06. The first-order valence-electron chi connectivity index (χ1n) is 13.9. The largest absolute Gasteiger partial charge is 0.493 e. The summed E-state index contributed by atoms with van der Waals surface area (Å²) >= 11 is 0. The number of unbranched alkanes of at least 4 members (excludes halogenated alkanes) is 2. The Bertz CT molecular complexity index is 1430. The van der Waals surface area contributed by atoms with E-state index in [2.05, 4.69) is 12.2 Å². The highest BCUT2D eigenvalue weighted by atomic mass is 19.1. The van der Waals surface area contributed by atoms with Crippen LogP contribution in [-0.2, 0) is 9.59 Å². The van der Waals surface area contributed by atoms with E-state index in [0.717, 1.165) is 36.2 Å². The van der Waals surface area contributed by atoms with Crippen LogP contribution in [0.2, 0.25) is 0 Å². The lowest BCUT2D eigenvalue weighted by atomic mass is 9.78. The number of para-hydroxylation sites is 2. The number of Topliss-reactive ketones (excluding diaryl/α,β-unsaturated/α-hetero) is 1. The second-order valence-electron chi connectivity index (χ2n) is 10.4. The van der Waals surface area contributed by atoms with E-state index in [1.54, 1.807) is 31.3 Å². The lowest BCUT2D eigenvalue weighted by molar-refractivity contribution is -0.119. The summed E-state index contributed by atoms with van der Waals surface area (Å²) in [6.07, 6.45) is 3.92. The van der Waals surface area contributed by atoms with Gasteiger partial charge in [0, 0.05) is 24.1 Å². The molecule has 6 nitrogen and oxygen atoms in total. The van der Waals surface area contributed by atoms with E-state index in [1.807, 2.05) is 42.5 Å². The number of methoxy groups -OCH3 is 2. The molecule has 208 valence electrons. The van der Waals surface area contributed by atoms with Crippen molar-refractivity contribution in [2.45, 2.75) is 57.4 Å². The molecule has 0 aromatic heterocycles. The molecule has 1 heterocycles. The van der Waals surface area contributed by atoms with Crippen LogP contribution in [0.3, 0.4) is 0 Å². The van der Waals surface area contributed by atoms with E-state index >= 15 is 0 Å². The van der Waals surface area contributed by atoms with Crippen LogP contribution in [0.15, 0.2) is 78.0 Å². The SMILES string of the molecule is CCCCCC(=O)N1c2ccccc2NC2=C(C(=O)C[C@H](c3ccc(OC)c(OC)c3)C2)[C@H]1c1ccc(F)cc1. The molecule has 40 heavy (non-hydrogen) atoms. The second kappa shape index (κ2) is 11.9. The maximum Gasteiger partial charge on any atom is 0.227 e. The number of halogens is 1. The minimum atomic E-state index is -0.667. The fourth-order valence-corrected chi connectivity index (χ4v) is 5.81. The van der Waals surface area contributed by atoms with Crippen LogP contribution in [0.25, 0.3) is 0 Å². The molecular formula is C33H35FN2O4. The Balaban J connectivity index is 1.64. The van der Waals surface area contributed by atoms with Crippen LogP contribution in [-0.4, -0.2) is 25.9 Å². The van der Waals surface area contributed by atoms with Gasteiger partial charge >= 0.3 is 0 Å². The number of ether oxygens (including phenoxy) is 2. The number of carbonyl (C=O) groups is 2. The average molecular weight is 543 g/mol. The van der Waals surface area contributed by atoms with Crippen molar-refractivity contribution in [3.8, 4) is 11.5 Å². The van der Waals surface area contributed by atoms with E-state index < -0.39 is 6.04 Å². The molecule has 0 radical (unpaired) electrons. The van der Waals surface area contributed by atoms with E-state index in [-0.39, 0.29) is 29.8 Å². The molecule has 5 rings (SSSR count). The van der Waals surface area contributed by atoms with Gasteiger partial charge in [0.05, 0.1) is 31.6 Å². The molecule has 0 saturated carbocycles. The summed E-state index contributed by atoms with van der Waals surface area (Å²) in [5.74, 6) is 0.686. The van der Waals surface area contributed by atoms with Gasteiger partial charge in [0.1, 0.15) is 5.82 Å². The molecule has 2 aliphatic rings. The van der Waals surface area contributed by atoms with Gasteiger partial charge in [-0.3, -0.25) is 14.5 Å².